The molecule has 426 valence electrons. The highest BCUT2D eigenvalue weighted by Crippen LogP contribution is 2.60. The Kier molecular flexibility index (Phi) is 30.7. The van der Waals surface area contributed by atoms with E-state index < -0.39 is 128 Å². The molecule has 0 saturated carbocycles. The summed E-state index contributed by atoms with van der Waals surface area (Å²) in [5.41, 5.74) is -4.00. The third-order valence-corrected chi connectivity index (χ3v) is 11.1. The van der Waals surface area contributed by atoms with Crippen LogP contribution in [0.3, 0.4) is 0 Å². The molecular weight excluding hydrogens is 1020 g/mol. The Morgan fingerprint density at radius 1 is 0.458 bits per heavy atom. The number of rotatable bonds is 43. The maximum Gasteiger partial charge on any atom is 0.460 e. The van der Waals surface area contributed by atoms with Crippen molar-refractivity contribution in [2.24, 2.45) is 22.7 Å². The van der Waals surface area contributed by atoms with E-state index in [1.165, 1.54) is 13.8 Å². The number of esters is 3. The molecule has 0 aliphatic carbocycles. The van der Waals surface area contributed by atoms with Gasteiger partial charge in [-0.1, -0.05) is 13.8 Å². The molecule has 0 aromatic rings. The summed E-state index contributed by atoms with van der Waals surface area (Å²) < 4.78 is 220. The van der Waals surface area contributed by atoms with Gasteiger partial charge in [0.25, 0.3) is 0 Å². The van der Waals surface area contributed by atoms with E-state index in [-0.39, 0.29) is 39.3 Å². The standard InChI is InChI=1S/C44H69F13O15/c1-5-37(3,35(63)72-27-14-59)29-32(33(60)61)30-38(4,36(64)71-26-12-39(45,46)40(47,48)41(49,50)42(51,52)43(53,54)44(55,56)57)28-31(2)34(62)70-25-11-24-69-23-10-22-68-21-9-20-67-19-8-18-66-17-7-16-65-15-6-13-58/h31-32,58-59H,5-30H2,1-4H3,(H,60,61). The molecule has 0 rings (SSSR count). The number of ether oxygens (including phenoxy) is 8. The van der Waals surface area contributed by atoms with Crippen LogP contribution in [0.15, 0.2) is 0 Å². The quantitative estimate of drug-likeness (QED) is 0.0229. The minimum atomic E-state index is -8.15. The summed E-state index contributed by atoms with van der Waals surface area (Å²) in [6, 6.07) is 0. The largest absolute Gasteiger partial charge is 0.481 e. The van der Waals surface area contributed by atoms with Crippen LogP contribution in [0.25, 0.3) is 0 Å². The lowest BCUT2D eigenvalue weighted by molar-refractivity contribution is -0.440. The third-order valence-electron chi connectivity index (χ3n) is 11.1. The van der Waals surface area contributed by atoms with Crippen molar-refractivity contribution in [3.05, 3.63) is 0 Å². The predicted molar refractivity (Wildman–Crippen MR) is 225 cm³/mol. The smallest absolute Gasteiger partial charge is 0.460 e. The molecule has 72 heavy (non-hydrogen) atoms. The lowest BCUT2D eigenvalue weighted by Crippen LogP contribution is -2.70. The first kappa shape index (κ1) is 68.7. The zero-order valence-corrected chi connectivity index (χ0v) is 40.7. The van der Waals surface area contributed by atoms with Gasteiger partial charge in [0.1, 0.15) is 6.61 Å². The van der Waals surface area contributed by atoms with Crippen LogP contribution < -0.4 is 0 Å². The maximum absolute atomic E-state index is 14.6. The molecule has 0 radical (unpaired) electrons. The lowest BCUT2D eigenvalue weighted by atomic mass is 9.70. The van der Waals surface area contributed by atoms with E-state index in [0.717, 1.165) is 26.7 Å². The van der Waals surface area contributed by atoms with E-state index in [9.17, 15) is 81.4 Å². The molecule has 0 saturated heterocycles. The molecule has 15 nitrogen and oxygen atoms in total. The number of aliphatic hydroxyl groups excluding tert-OH is 2. The monoisotopic (exact) mass is 1080 g/mol. The van der Waals surface area contributed by atoms with Crippen molar-refractivity contribution in [1.29, 1.82) is 0 Å². The average Bonchev–Trinajstić information content (AvgIpc) is 3.29. The van der Waals surface area contributed by atoms with Crippen LogP contribution in [0.4, 0.5) is 57.1 Å². The van der Waals surface area contributed by atoms with Crippen molar-refractivity contribution < 1.29 is 129 Å². The fraction of sp³-hybridized carbons (Fsp3) is 0.909. The second-order valence-electron chi connectivity index (χ2n) is 17.3. The van der Waals surface area contributed by atoms with Crippen molar-refractivity contribution in [1.82, 2.24) is 0 Å². The predicted octanol–water partition coefficient (Wildman–Crippen LogP) is 8.08. The van der Waals surface area contributed by atoms with Gasteiger partial charge in [-0.25, -0.2) is 0 Å². The Balaban J connectivity index is 5.50. The molecule has 0 fully saturated rings. The molecule has 0 heterocycles. The van der Waals surface area contributed by atoms with Crippen LogP contribution in [0.1, 0.15) is 98.3 Å². The number of hydrogen-bond acceptors (Lipinski definition) is 14. The molecule has 28 heteroatoms. The summed E-state index contributed by atoms with van der Waals surface area (Å²) in [5, 5.41) is 27.9. The molecule has 0 aliphatic heterocycles. The van der Waals surface area contributed by atoms with Crippen LogP contribution in [-0.4, -0.2) is 174 Å². The summed E-state index contributed by atoms with van der Waals surface area (Å²) in [5.74, 6) is -47.1. The first-order chi connectivity index (χ1) is 33.3. The summed E-state index contributed by atoms with van der Waals surface area (Å²) >= 11 is 0. The number of carboxylic acid groups (broad SMARTS) is 1. The highest BCUT2D eigenvalue weighted by atomic mass is 19.4. The van der Waals surface area contributed by atoms with E-state index in [0.29, 0.717) is 72.1 Å². The maximum atomic E-state index is 14.6. The first-order valence-corrected chi connectivity index (χ1v) is 23.1. The molecule has 0 aromatic heterocycles. The van der Waals surface area contributed by atoms with E-state index >= 15 is 0 Å². The number of hydrogen-bond donors (Lipinski definition) is 3. The van der Waals surface area contributed by atoms with E-state index in [1.54, 1.807) is 0 Å². The number of alkyl halides is 13. The molecule has 0 amide bonds. The van der Waals surface area contributed by atoms with Gasteiger partial charge in [-0.15, -0.1) is 0 Å². The van der Waals surface area contributed by atoms with Crippen LogP contribution >= 0.6 is 0 Å². The molecule has 0 bridgehead atoms. The van der Waals surface area contributed by atoms with Crippen molar-refractivity contribution in [3.63, 3.8) is 0 Å². The molecule has 3 N–H and O–H groups in total. The van der Waals surface area contributed by atoms with E-state index in [2.05, 4.69) is 4.74 Å². The van der Waals surface area contributed by atoms with Gasteiger partial charge in [-0.2, -0.15) is 57.1 Å². The van der Waals surface area contributed by atoms with Crippen molar-refractivity contribution >= 4 is 23.9 Å². The van der Waals surface area contributed by atoms with Gasteiger partial charge in [0.15, 0.2) is 0 Å². The molecular formula is C44H69F13O15. The lowest BCUT2D eigenvalue weighted by Gasteiger charge is -2.39. The SMILES string of the molecule is CCC(C)(CC(CC(C)(CC(C)C(=O)OCCCOCCCOCCCOCCCOCCCOCCCO)C(=O)OCCC(F)(F)C(F)(F)C(F)(F)C(F)(F)C(F)(F)C(F)(F)F)C(=O)O)C(=O)OCCO. The third kappa shape index (κ3) is 21.5. The van der Waals surface area contributed by atoms with Gasteiger partial charge in [0.05, 0.1) is 48.9 Å². The average molecular weight is 1080 g/mol. The number of carbonyl (C=O) groups is 4. The fourth-order valence-electron chi connectivity index (χ4n) is 6.64. The van der Waals surface area contributed by atoms with Crippen LogP contribution in [-0.2, 0) is 57.1 Å². The summed E-state index contributed by atoms with van der Waals surface area (Å²) in [7, 11) is 0. The number of carbonyl (C=O) groups excluding carboxylic acids is 3. The Labute approximate surface area is 409 Å². The van der Waals surface area contributed by atoms with Gasteiger partial charge >= 0.3 is 59.7 Å². The van der Waals surface area contributed by atoms with Gasteiger partial charge in [0, 0.05) is 79.1 Å². The summed E-state index contributed by atoms with van der Waals surface area (Å²) in [6.07, 6.45) is -9.57. The Morgan fingerprint density at radius 3 is 1.22 bits per heavy atom. The Bertz CT molecular complexity index is 1580. The molecule has 4 atom stereocenters. The summed E-state index contributed by atoms with van der Waals surface area (Å²) in [6.45, 7) is 5.69. The van der Waals surface area contributed by atoms with Gasteiger partial charge in [0.2, 0.25) is 0 Å². The van der Waals surface area contributed by atoms with E-state index in [4.69, 9.17) is 43.4 Å². The second kappa shape index (κ2) is 32.2. The van der Waals surface area contributed by atoms with Gasteiger partial charge in [-0.05, 0) is 71.6 Å². The topological polar surface area (TPSA) is 203 Å². The zero-order chi connectivity index (χ0) is 55.5. The molecule has 0 aromatic carbocycles. The molecule has 0 spiro atoms. The first-order valence-electron chi connectivity index (χ1n) is 23.1. The van der Waals surface area contributed by atoms with Gasteiger partial charge < -0.3 is 53.2 Å². The minimum absolute atomic E-state index is 0.0886. The van der Waals surface area contributed by atoms with E-state index in [1.807, 2.05) is 0 Å². The molecule has 4 unspecified atom stereocenters. The zero-order valence-electron chi connectivity index (χ0n) is 40.7. The van der Waals surface area contributed by atoms with Crippen LogP contribution in [0, 0.1) is 22.7 Å². The van der Waals surface area contributed by atoms with Crippen molar-refractivity contribution in [3.8, 4) is 0 Å². The second-order valence-corrected chi connectivity index (χ2v) is 17.3. The Hall–Kier alpha value is -3.31. The van der Waals surface area contributed by atoms with Crippen LogP contribution in [0.2, 0.25) is 0 Å². The summed E-state index contributed by atoms with van der Waals surface area (Å²) in [4.78, 5) is 51.9. The highest BCUT2D eigenvalue weighted by molar-refractivity contribution is 5.81. The number of carboxylic acids is 1. The van der Waals surface area contributed by atoms with Crippen LogP contribution in [0.5, 0.6) is 0 Å². The number of halogens is 13. The molecule has 0 aliphatic rings. The number of aliphatic hydroxyl groups is 2. The minimum Gasteiger partial charge on any atom is -0.481 e. The fourth-order valence-corrected chi connectivity index (χ4v) is 6.64. The van der Waals surface area contributed by atoms with Gasteiger partial charge in [-0.3, -0.25) is 19.2 Å². The van der Waals surface area contributed by atoms with Crippen molar-refractivity contribution in [2.75, 3.05) is 99.1 Å². The highest BCUT2D eigenvalue weighted by Gasteiger charge is 2.90. The Morgan fingerprint density at radius 2 is 0.833 bits per heavy atom. The number of aliphatic carboxylic acids is 1. The van der Waals surface area contributed by atoms with Crippen molar-refractivity contribution in [2.45, 2.75) is 134 Å². The normalized spacial score (nSPS) is 15.6.